The van der Waals surface area contributed by atoms with Crippen molar-refractivity contribution in [3.8, 4) is 22.6 Å². The number of hydrogen-bond acceptors (Lipinski definition) is 3. The number of amides is 1. The number of phenolic OH excluding ortho intramolecular Hbond substituents is 1. The number of aromatic hydroxyl groups is 1. The van der Waals surface area contributed by atoms with E-state index in [4.69, 9.17) is 4.74 Å². The molecular weight excluding hydrogens is 412 g/mol. The van der Waals surface area contributed by atoms with E-state index in [9.17, 15) is 18.7 Å². The maximum atomic E-state index is 14.8. The summed E-state index contributed by atoms with van der Waals surface area (Å²) in [6.45, 7) is 2.58. The Morgan fingerprint density at radius 1 is 1.06 bits per heavy atom. The number of rotatable bonds is 10. The molecule has 0 spiro atoms. The van der Waals surface area contributed by atoms with E-state index in [1.807, 2.05) is 37.3 Å². The van der Waals surface area contributed by atoms with Crippen LogP contribution in [0.2, 0.25) is 0 Å². The molecule has 0 unspecified atom stereocenters. The van der Waals surface area contributed by atoms with Crippen molar-refractivity contribution in [2.45, 2.75) is 39.2 Å². The van der Waals surface area contributed by atoms with Crippen LogP contribution in [0.4, 0.5) is 8.78 Å². The molecule has 3 rings (SSSR count). The molecule has 0 fully saturated rings. The quantitative estimate of drug-likeness (QED) is 0.422. The Hall–Kier alpha value is -3.41. The third kappa shape index (κ3) is 6.30. The predicted molar refractivity (Wildman–Crippen MR) is 120 cm³/mol. The number of nitrogens with one attached hydrogen (secondary N) is 1. The van der Waals surface area contributed by atoms with Gasteiger partial charge in [0.25, 0.3) is 0 Å². The van der Waals surface area contributed by atoms with Gasteiger partial charge in [0, 0.05) is 24.6 Å². The molecule has 32 heavy (non-hydrogen) atoms. The van der Waals surface area contributed by atoms with Crippen molar-refractivity contribution in [1.82, 2.24) is 5.32 Å². The molecule has 0 saturated heterocycles. The van der Waals surface area contributed by atoms with Gasteiger partial charge in [0.1, 0.15) is 18.1 Å². The lowest BCUT2D eigenvalue weighted by Crippen LogP contribution is -2.25. The molecule has 168 valence electrons. The van der Waals surface area contributed by atoms with Crippen LogP contribution in [-0.2, 0) is 17.8 Å². The van der Waals surface area contributed by atoms with Gasteiger partial charge in [0.15, 0.2) is 11.6 Å². The summed E-state index contributed by atoms with van der Waals surface area (Å²) in [5.74, 6) is -1.82. The summed E-state index contributed by atoms with van der Waals surface area (Å²) < 4.78 is 34.7. The van der Waals surface area contributed by atoms with Gasteiger partial charge in [-0.05, 0) is 47.7 Å². The summed E-state index contributed by atoms with van der Waals surface area (Å²) in [5, 5.41) is 13.0. The molecule has 0 aromatic heterocycles. The smallest absolute Gasteiger partial charge is 0.220 e. The lowest BCUT2D eigenvalue weighted by molar-refractivity contribution is -0.121. The lowest BCUT2D eigenvalue weighted by Gasteiger charge is -2.14. The van der Waals surface area contributed by atoms with Crippen LogP contribution in [-0.4, -0.2) is 17.6 Å². The molecule has 0 bridgehead atoms. The fraction of sp³-hybridized carbons (Fsp3) is 0.269. The molecule has 3 aromatic carbocycles. The van der Waals surface area contributed by atoms with E-state index in [1.54, 1.807) is 6.07 Å². The lowest BCUT2D eigenvalue weighted by atomic mass is 9.96. The fourth-order valence-electron chi connectivity index (χ4n) is 3.43. The number of ether oxygens (including phenoxy) is 1. The van der Waals surface area contributed by atoms with E-state index in [-0.39, 0.29) is 23.8 Å². The van der Waals surface area contributed by atoms with Crippen molar-refractivity contribution in [2.75, 3.05) is 6.54 Å². The first kappa shape index (κ1) is 23.3. The van der Waals surface area contributed by atoms with Gasteiger partial charge in [0.2, 0.25) is 5.91 Å². The molecule has 0 aliphatic carbocycles. The van der Waals surface area contributed by atoms with E-state index in [1.165, 1.54) is 18.2 Å². The molecule has 3 aromatic rings. The van der Waals surface area contributed by atoms with Gasteiger partial charge in [-0.15, -0.1) is 0 Å². The SMILES string of the molecule is CCCCC(=O)NCCc1ccc(F)c(F)c1-c1cc(O)cc(OCc2ccccc2)c1. The second-order valence-corrected chi connectivity index (χ2v) is 7.59. The number of benzene rings is 3. The standard InChI is InChI=1S/C26H27F2NO3/c1-2-3-9-24(31)29-13-12-19-10-11-23(27)26(28)25(19)20-14-21(30)16-22(15-20)32-17-18-7-5-4-6-8-18/h4-8,10-11,14-16,30H,2-3,9,12-13,17H2,1H3,(H,29,31). The molecule has 1 amide bonds. The maximum Gasteiger partial charge on any atom is 0.220 e. The number of unbranched alkanes of at least 4 members (excludes halogenated alkanes) is 1. The molecule has 0 atom stereocenters. The second kappa shape index (κ2) is 11.3. The zero-order valence-electron chi connectivity index (χ0n) is 18.0. The number of carbonyl (C=O) groups excluding carboxylic acids is 1. The van der Waals surface area contributed by atoms with Gasteiger partial charge in [-0.25, -0.2) is 8.78 Å². The molecule has 0 aliphatic rings. The van der Waals surface area contributed by atoms with Gasteiger partial charge in [-0.3, -0.25) is 4.79 Å². The van der Waals surface area contributed by atoms with Crippen LogP contribution in [0.3, 0.4) is 0 Å². The normalized spacial score (nSPS) is 10.7. The highest BCUT2D eigenvalue weighted by Gasteiger charge is 2.17. The van der Waals surface area contributed by atoms with Crippen molar-refractivity contribution in [2.24, 2.45) is 0 Å². The topological polar surface area (TPSA) is 58.6 Å². The Kier molecular flexibility index (Phi) is 8.20. The van der Waals surface area contributed by atoms with Gasteiger partial charge in [0.05, 0.1) is 0 Å². The van der Waals surface area contributed by atoms with Crippen LogP contribution in [0, 0.1) is 11.6 Å². The first-order valence-electron chi connectivity index (χ1n) is 10.7. The molecule has 0 heterocycles. The Balaban J connectivity index is 1.82. The molecule has 4 nitrogen and oxygen atoms in total. The largest absolute Gasteiger partial charge is 0.508 e. The highest BCUT2D eigenvalue weighted by molar-refractivity contribution is 5.76. The maximum absolute atomic E-state index is 14.8. The van der Waals surface area contributed by atoms with Gasteiger partial charge in [-0.2, -0.15) is 0 Å². The van der Waals surface area contributed by atoms with E-state index in [2.05, 4.69) is 5.32 Å². The molecule has 2 N–H and O–H groups in total. The van der Waals surface area contributed by atoms with Crippen LogP contribution in [0.25, 0.3) is 11.1 Å². The van der Waals surface area contributed by atoms with Gasteiger partial charge >= 0.3 is 0 Å². The summed E-state index contributed by atoms with van der Waals surface area (Å²) in [5.41, 5.74) is 1.82. The minimum Gasteiger partial charge on any atom is -0.508 e. The van der Waals surface area contributed by atoms with Crippen LogP contribution in [0.1, 0.15) is 37.3 Å². The summed E-state index contributed by atoms with van der Waals surface area (Å²) >= 11 is 0. The summed E-state index contributed by atoms with van der Waals surface area (Å²) in [4.78, 5) is 11.9. The average molecular weight is 440 g/mol. The number of carbonyl (C=O) groups is 1. The van der Waals surface area contributed by atoms with Crippen LogP contribution in [0.15, 0.2) is 60.7 Å². The van der Waals surface area contributed by atoms with Crippen LogP contribution < -0.4 is 10.1 Å². The third-order valence-electron chi connectivity index (χ3n) is 5.08. The van der Waals surface area contributed by atoms with Crippen molar-refractivity contribution >= 4 is 5.91 Å². The molecule has 0 saturated carbocycles. The molecule has 6 heteroatoms. The number of hydrogen-bond donors (Lipinski definition) is 2. The second-order valence-electron chi connectivity index (χ2n) is 7.59. The average Bonchev–Trinajstić information content (AvgIpc) is 2.79. The number of phenols is 1. The Labute approximate surface area is 186 Å². The van der Waals surface area contributed by atoms with Crippen LogP contribution >= 0.6 is 0 Å². The first-order valence-corrected chi connectivity index (χ1v) is 10.7. The summed E-state index contributed by atoms with van der Waals surface area (Å²) in [6.07, 6.45) is 2.49. The van der Waals surface area contributed by atoms with Crippen molar-refractivity contribution in [3.05, 3.63) is 83.4 Å². The fourth-order valence-corrected chi connectivity index (χ4v) is 3.43. The summed E-state index contributed by atoms with van der Waals surface area (Å²) in [6, 6.07) is 16.4. The highest BCUT2D eigenvalue weighted by atomic mass is 19.2. The van der Waals surface area contributed by atoms with Crippen molar-refractivity contribution < 1.29 is 23.4 Å². The summed E-state index contributed by atoms with van der Waals surface area (Å²) in [7, 11) is 0. The van der Waals surface area contributed by atoms with Crippen molar-refractivity contribution in [1.29, 1.82) is 0 Å². The van der Waals surface area contributed by atoms with E-state index in [0.29, 0.717) is 36.3 Å². The Morgan fingerprint density at radius 3 is 2.59 bits per heavy atom. The zero-order valence-corrected chi connectivity index (χ0v) is 18.0. The minimum atomic E-state index is -1.00. The zero-order chi connectivity index (χ0) is 22.9. The molecular formula is C26H27F2NO3. The van der Waals surface area contributed by atoms with E-state index in [0.717, 1.165) is 24.5 Å². The van der Waals surface area contributed by atoms with Gasteiger partial charge in [-0.1, -0.05) is 49.7 Å². The minimum absolute atomic E-state index is 0.0493. The first-order chi connectivity index (χ1) is 15.5. The Morgan fingerprint density at radius 2 is 1.84 bits per heavy atom. The molecule has 0 radical (unpaired) electrons. The van der Waals surface area contributed by atoms with Gasteiger partial charge < -0.3 is 15.2 Å². The number of halogens is 2. The van der Waals surface area contributed by atoms with E-state index < -0.39 is 11.6 Å². The third-order valence-corrected chi connectivity index (χ3v) is 5.08. The van der Waals surface area contributed by atoms with E-state index >= 15 is 0 Å². The highest BCUT2D eigenvalue weighted by Crippen LogP contribution is 2.34. The van der Waals surface area contributed by atoms with Crippen molar-refractivity contribution in [3.63, 3.8) is 0 Å². The van der Waals surface area contributed by atoms with Crippen LogP contribution in [0.5, 0.6) is 11.5 Å². The monoisotopic (exact) mass is 439 g/mol. The predicted octanol–water partition coefficient (Wildman–Crippen LogP) is 5.77. The molecule has 0 aliphatic heterocycles. The Bertz CT molecular complexity index is 1050.